The van der Waals surface area contributed by atoms with E-state index < -0.39 is 5.60 Å². The number of Topliss-reactive ketones (excluding diaryl/α,β-unsaturated/α-hetero) is 2. The van der Waals surface area contributed by atoms with Gasteiger partial charge in [-0.15, -0.1) is 0 Å². The molecule has 31 heavy (non-hydrogen) atoms. The van der Waals surface area contributed by atoms with Crippen molar-refractivity contribution in [2.24, 2.45) is 46.3 Å². The molecule has 4 aliphatic carbocycles. The highest BCUT2D eigenvalue weighted by molar-refractivity contribution is 5.95. The third kappa shape index (κ3) is 2.62. The first-order valence-corrected chi connectivity index (χ1v) is 13.0. The lowest BCUT2D eigenvalue weighted by molar-refractivity contribution is -0.149. The number of allylic oxidation sites excluding steroid dienone is 2. The van der Waals surface area contributed by atoms with Gasteiger partial charge in [0, 0.05) is 30.6 Å². The molecule has 0 radical (unpaired) electrons. The van der Waals surface area contributed by atoms with Crippen LogP contribution in [0.5, 0.6) is 0 Å². The lowest BCUT2D eigenvalue weighted by Gasteiger charge is -2.56. The van der Waals surface area contributed by atoms with Gasteiger partial charge in [-0.25, -0.2) is 0 Å². The predicted molar refractivity (Wildman–Crippen MR) is 122 cm³/mol. The van der Waals surface area contributed by atoms with E-state index in [9.17, 15) is 9.59 Å². The fraction of sp³-hybridized carbons (Fsp3) is 0.857. The average Bonchev–Trinajstić information content (AvgIpc) is 3.31. The summed E-state index contributed by atoms with van der Waals surface area (Å²) in [6.45, 7) is 14.1. The smallest absolute Gasteiger partial charge is 0.168 e. The van der Waals surface area contributed by atoms with E-state index in [-0.39, 0.29) is 22.3 Å². The Morgan fingerprint density at radius 2 is 1.71 bits per heavy atom. The maximum absolute atomic E-state index is 13.7. The van der Waals surface area contributed by atoms with Gasteiger partial charge < -0.3 is 4.74 Å². The third-order valence-electron chi connectivity index (χ3n) is 11.3. The molecule has 1 saturated heterocycles. The maximum Gasteiger partial charge on any atom is 0.168 e. The van der Waals surface area contributed by atoms with E-state index in [2.05, 4.69) is 53.7 Å². The van der Waals surface area contributed by atoms with Crippen LogP contribution in [-0.4, -0.2) is 22.8 Å². The van der Waals surface area contributed by atoms with Gasteiger partial charge in [0.15, 0.2) is 11.4 Å². The van der Waals surface area contributed by atoms with E-state index in [1.165, 1.54) is 6.42 Å². The molecule has 0 amide bonds. The van der Waals surface area contributed by atoms with Gasteiger partial charge in [-0.2, -0.15) is 0 Å². The highest BCUT2D eigenvalue weighted by Gasteiger charge is 2.89. The summed E-state index contributed by atoms with van der Waals surface area (Å²) in [5.74, 6) is 3.57. The van der Waals surface area contributed by atoms with Gasteiger partial charge in [0.1, 0.15) is 11.4 Å². The Hall–Kier alpha value is -0.960. The molecule has 3 heteroatoms. The minimum absolute atomic E-state index is 0.0810. The Morgan fingerprint density at radius 3 is 2.42 bits per heavy atom. The van der Waals surface area contributed by atoms with Crippen LogP contribution in [-0.2, 0) is 14.3 Å². The molecule has 5 fully saturated rings. The van der Waals surface area contributed by atoms with E-state index in [0.717, 1.165) is 25.7 Å². The third-order valence-corrected chi connectivity index (χ3v) is 11.3. The second-order valence-corrected chi connectivity index (χ2v) is 12.7. The zero-order valence-electron chi connectivity index (χ0n) is 20.5. The zero-order valence-corrected chi connectivity index (χ0v) is 20.5. The van der Waals surface area contributed by atoms with Crippen molar-refractivity contribution in [1.29, 1.82) is 0 Å². The van der Waals surface area contributed by atoms with Crippen molar-refractivity contribution >= 4 is 11.6 Å². The number of ether oxygens (including phenoxy) is 1. The largest absolute Gasteiger partial charge is 0.353 e. The summed E-state index contributed by atoms with van der Waals surface area (Å²) in [7, 11) is 0. The molecule has 9 atom stereocenters. The minimum atomic E-state index is -0.547. The summed E-state index contributed by atoms with van der Waals surface area (Å²) in [5, 5.41) is 0. The molecule has 5 aliphatic rings. The molecule has 2 spiro atoms. The molecule has 0 aromatic carbocycles. The Balaban J connectivity index is 1.44. The van der Waals surface area contributed by atoms with Gasteiger partial charge in [0.2, 0.25) is 0 Å². The topological polar surface area (TPSA) is 46.7 Å². The van der Waals surface area contributed by atoms with Crippen LogP contribution < -0.4 is 0 Å². The Morgan fingerprint density at radius 1 is 0.968 bits per heavy atom. The molecule has 0 bridgehead atoms. The molecule has 3 nitrogen and oxygen atoms in total. The normalized spacial score (nSPS) is 50.6. The van der Waals surface area contributed by atoms with E-state index in [4.69, 9.17) is 4.74 Å². The van der Waals surface area contributed by atoms with Crippen LogP contribution in [0.15, 0.2) is 12.2 Å². The summed E-state index contributed by atoms with van der Waals surface area (Å²) in [5.41, 5.74) is -0.623. The van der Waals surface area contributed by atoms with Crippen LogP contribution in [0.1, 0.15) is 92.9 Å². The van der Waals surface area contributed by atoms with Crippen molar-refractivity contribution in [2.45, 2.75) is 104 Å². The first kappa shape index (κ1) is 21.9. The molecule has 0 N–H and O–H groups in total. The number of ketones is 2. The maximum atomic E-state index is 13.7. The van der Waals surface area contributed by atoms with Crippen molar-refractivity contribution < 1.29 is 14.3 Å². The molecule has 0 aromatic heterocycles. The Kier molecular flexibility index (Phi) is 4.78. The minimum Gasteiger partial charge on any atom is -0.353 e. The lowest BCUT2D eigenvalue weighted by Crippen LogP contribution is -2.62. The number of carbonyl (C=O) groups excluding carboxylic acids is 2. The molecule has 4 saturated carbocycles. The van der Waals surface area contributed by atoms with Crippen LogP contribution in [0.3, 0.4) is 0 Å². The Labute approximate surface area is 188 Å². The molecule has 1 heterocycles. The second kappa shape index (κ2) is 6.78. The number of rotatable bonds is 4. The number of hydrogen-bond donors (Lipinski definition) is 0. The Bertz CT molecular complexity index is 828. The molecule has 0 aromatic rings. The second-order valence-electron chi connectivity index (χ2n) is 12.7. The van der Waals surface area contributed by atoms with Crippen molar-refractivity contribution in [3.63, 3.8) is 0 Å². The summed E-state index contributed by atoms with van der Waals surface area (Å²) in [4.78, 5) is 25.9. The number of epoxide rings is 1. The summed E-state index contributed by atoms with van der Waals surface area (Å²) >= 11 is 0. The van der Waals surface area contributed by atoms with Gasteiger partial charge in [0.05, 0.1) is 0 Å². The van der Waals surface area contributed by atoms with E-state index >= 15 is 0 Å². The van der Waals surface area contributed by atoms with E-state index in [1.807, 2.05) is 0 Å². The van der Waals surface area contributed by atoms with Gasteiger partial charge in [-0.05, 0) is 67.1 Å². The van der Waals surface area contributed by atoms with E-state index in [0.29, 0.717) is 60.4 Å². The van der Waals surface area contributed by atoms with Gasteiger partial charge in [0.25, 0.3) is 0 Å². The van der Waals surface area contributed by atoms with Crippen LogP contribution in [0.25, 0.3) is 0 Å². The van der Waals surface area contributed by atoms with Crippen LogP contribution in [0.2, 0.25) is 0 Å². The molecule has 5 rings (SSSR count). The van der Waals surface area contributed by atoms with Gasteiger partial charge >= 0.3 is 0 Å². The predicted octanol–water partition coefficient (Wildman–Crippen LogP) is 6.15. The highest BCUT2D eigenvalue weighted by Crippen LogP contribution is 2.80. The SMILES string of the molecule is CC(C)C(C)C=CC(C)C1CCC23OC24C(=O)CC2CC(=O)CCC2(C)C4CCC13C. The monoisotopic (exact) mass is 426 g/mol. The van der Waals surface area contributed by atoms with Crippen molar-refractivity contribution in [3.05, 3.63) is 12.2 Å². The fourth-order valence-electron chi connectivity index (χ4n) is 8.86. The molecular formula is C28H42O3. The standard InChI is InChI=1S/C28H42O3/c1-17(2)18(3)7-8-19(4)22-10-14-27-26(22,6)13-11-23-25(5)12-9-21(29)15-20(25)16-24(30)28(23,27)31-27/h7-8,17-20,22-23H,9-16H2,1-6H3. The first-order valence-electron chi connectivity index (χ1n) is 13.0. The van der Waals surface area contributed by atoms with Crippen molar-refractivity contribution in [2.75, 3.05) is 0 Å². The van der Waals surface area contributed by atoms with Crippen LogP contribution >= 0.6 is 0 Å². The van der Waals surface area contributed by atoms with Crippen LogP contribution in [0, 0.1) is 46.3 Å². The molecule has 1 aliphatic heterocycles. The lowest BCUT2D eigenvalue weighted by atomic mass is 9.44. The molecular weight excluding hydrogens is 384 g/mol. The first-order chi connectivity index (χ1) is 14.5. The number of hydrogen-bond acceptors (Lipinski definition) is 3. The van der Waals surface area contributed by atoms with Crippen LogP contribution in [0.4, 0.5) is 0 Å². The van der Waals surface area contributed by atoms with Gasteiger partial charge in [-0.1, -0.05) is 53.7 Å². The summed E-state index contributed by atoms with van der Waals surface area (Å²) < 4.78 is 6.82. The highest BCUT2D eigenvalue weighted by atomic mass is 16.6. The zero-order chi connectivity index (χ0) is 22.4. The van der Waals surface area contributed by atoms with Crippen molar-refractivity contribution in [3.8, 4) is 0 Å². The van der Waals surface area contributed by atoms with Gasteiger partial charge in [-0.3, -0.25) is 9.59 Å². The van der Waals surface area contributed by atoms with E-state index in [1.54, 1.807) is 0 Å². The quantitative estimate of drug-likeness (QED) is 0.400. The summed E-state index contributed by atoms with van der Waals surface area (Å²) in [6, 6.07) is 0. The molecule has 9 unspecified atom stereocenters. The fourth-order valence-corrected chi connectivity index (χ4v) is 8.86. The molecule has 172 valence electrons. The average molecular weight is 427 g/mol. The van der Waals surface area contributed by atoms with Crippen molar-refractivity contribution in [1.82, 2.24) is 0 Å². The number of carbonyl (C=O) groups is 2. The summed E-state index contributed by atoms with van der Waals surface area (Å²) in [6.07, 6.45) is 12.1. The number of fused-ring (bicyclic) bond motifs is 2.